The Morgan fingerprint density at radius 1 is 1.53 bits per heavy atom. The fraction of sp³-hybridized carbons (Fsp3) is 0.364. The number of hydrogen-bond donors (Lipinski definition) is 1. The van der Waals surface area contributed by atoms with E-state index in [0.717, 1.165) is 10.9 Å². The van der Waals surface area contributed by atoms with Gasteiger partial charge in [0.25, 0.3) is 0 Å². The Balaban J connectivity index is 2.65. The summed E-state index contributed by atoms with van der Waals surface area (Å²) in [5.74, 6) is -0.0755. The molecular formula is C11H14BrNO2. The number of carbonyl (C=O) groups is 1. The van der Waals surface area contributed by atoms with E-state index in [1.54, 1.807) is 18.2 Å². The van der Waals surface area contributed by atoms with E-state index in [9.17, 15) is 4.79 Å². The molecule has 1 rings (SSSR count). The summed E-state index contributed by atoms with van der Waals surface area (Å²) in [6.45, 7) is 2.69. The molecule has 0 bridgehead atoms. The topological polar surface area (TPSA) is 52.3 Å². The molecule has 0 saturated carbocycles. The molecule has 0 atom stereocenters. The molecule has 1 aromatic rings. The molecule has 3 nitrogen and oxygen atoms in total. The molecule has 82 valence electrons. The van der Waals surface area contributed by atoms with Crippen LogP contribution < -0.4 is 5.73 Å². The first-order valence-electron chi connectivity index (χ1n) is 4.81. The lowest BCUT2D eigenvalue weighted by molar-refractivity contribution is 0.0762. The SMILES string of the molecule is CCCOCC(=O)c1ccc(Br)cc1N. The number of Topliss-reactive ketones (excluding diaryl/α,β-unsaturated/α-hetero) is 1. The molecule has 1 aromatic carbocycles. The largest absolute Gasteiger partial charge is 0.398 e. The summed E-state index contributed by atoms with van der Waals surface area (Å²) in [6.07, 6.45) is 0.906. The van der Waals surface area contributed by atoms with Crippen molar-refractivity contribution < 1.29 is 9.53 Å². The van der Waals surface area contributed by atoms with Gasteiger partial charge in [-0.25, -0.2) is 0 Å². The van der Waals surface area contributed by atoms with Gasteiger partial charge in [-0.1, -0.05) is 22.9 Å². The maximum absolute atomic E-state index is 11.6. The number of rotatable bonds is 5. The highest BCUT2D eigenvalue weighted by atomic mass is 79.9. The number of anilines is 1. The van der Waals surface area contributed by atoms with Gasteiger partial charge in [0.05, 0.1) is 0 Å². The first-order valence-corrected chi connectivity index (χ1v) is 5.60. The number of carbonyl (C=O) groups excluding carboxylic acids is 1. The molecule has 0 spiro atoms. The monoisotopic (exact) mass is 271 g/mol. The van der Waals surface area contributed by atoms with Gasteiger partial charge >= 0.3 is 0 Å². The van der Waals surface area contributed by atoms with Gasteiger partial charge in [-0.05, 0) is 24.6 Å². The average molecular weight is 272 g/mol. The van der Waals surface area contributed by atoms with Crippen LogP contribution in [0.25, 0.3) is 0 Å². The molecule has 0 heterocycles. The van der Waals surface area contributed by atoms with E-state index in [4.69, 9.17) is 10.5 Å². The van der Waals surface area contributed by atoms with E-state index in [-0.39, 0.29) is 12.4 Å². The molecule has 0 aliphatic heterocycles. The van der Waals surface area contributed by atoms with Crippen molar-refractivity contribution in [3.05, 3.63) is 28.2 Å². The van der Waals surface area contributed by atoms with Gasteiger partial charge in [0.1, 0.15) is 6.61 Å². The zero-order valence-corrected chi connectivity index (χ0v) is 10.2. The van der Waals surface area contributed by atoms with Crippen molar-refractivity contribution in [1.29, 1.82) is 0 Å². The number of benzene rings is 1. The lowest BCUT2D eigenvalue weighted by Gasteiger charge is -2.05. The summed E-state index contributed by atoms with van der Waals surface area (Å²) in [5.41, 5.74) is 6.72. The highest BCUT2D eigenvalue weighted by Crippen LogP contribution is 2.18. The van der Waals surface area contributed by atoms with E-state index < -0.39 is 0 Å². The van der Waals surface area contributed by atoms with E-state index in [1.165, 1.54) is 0 Å². The molecule has 0 aliphatic carbocycles. The Bertz CT molecular complexity index is 352. The number of hydrogen-bond acceptors (Lipinski definition) is 3. The summed E-state index contributed by atoms with van der Waals surface area (Å²) in [7, 11) is 0. The second kappa shape index (κ2) is 5.88. The molecule has 0 amide bonds. The highest BCUT2D eigenvalue weighted by molar-refractivity contribution is 9.10. The fourth-order valence-corrected chi connectivity index (χ4v) is 1.55. The van der Waals surface area contributed by atoms with Crippen LogP contribution in [0, 0.1) is 0 Å². The second-order valence-electron chi connectivity index (χ2n) is 3.21. The van der Waals surface area contributed by atoms with Crippen LogP contribution in [-0.2, 0) is 4.74 Å². The van der Waals surface area contributed by atoms with E-state index in [1.807, 2.05) is 6.92 Å². The standard InChI is InChI=1S/C11H14BrNO2/c1-2-5-15-7-11(14)9-4-3-8(12)6-10(9)13/h3-4,6H,2,5,7,13H2,1H3. The summed E-state index contributed by atoms with van der Waals surface area (Å²) >= 11 is 3.29. The molecular weight excluding hydrogens is 258 g/mol. The molecule has 15 heavy (non-hydrogen) atoms. The molecule has 0 aromatic heterocycles. The van der Waals surface area contributed by atoms with E-state index >= 15 is 0 Å². The second-order valence-corrected chi connectivity index (χ2v) is 4.12. The number of nitrogens with two attached hydrogens (primary N) is 1. The number of ether oxygens (including phenoxy) is 1. The third-order valence-electron chi connectivity index (χ3n) is 1.90. The van der Waals surface area contributed by atoms with Crippen LogP contribution >= 0.6 is 15.9 Å². The maximum atomic E-state index is 11.6. The number of halogens is 1. The first-order chi connectivity index (χ1) is 7.15. The normalized spacial score (nSPS) is 10.3. The van der Waals surface area contributed by atoms with Gasteiger partial charge < -0.3 is 10.5 Å². The van der Waals surface area contributed by atoms with Gasteiger partial charge in [0.15, 0.2) is 5.78 Å². The Morgan fingerprint density at radius 3 is 2.87 bits per heavy atom. The van der Waals surface area contributed by atoms with Crippen LogP contribution in [0.5, 0.6) is 0 Å². The van der Waals surface area contributed by atoms with Crippen LogP contribution in [-0.4, -0.2) is 19.0 Å². The van der Waals surface area contributed by atoms with Crippen LogP contribution in [0.2, 0.25) is 0 Å². The molecule has 0 fully saturated rings. The summed E-state index contributed by atoms with van der Waals surface area (Å²) < 4.78 is 6.03. The summed E-state index contributed by atoms with van der Waals surface area (Å²) in [6, 6.07) is 5.22. The maximum Gasteiger partial charge on any atom is 0.190 e. The van der Waals surface area contributed by atoms with Crippen molar-refractivity contribution >= 4 is 27.4 Å². The van der Waals surface area contributed by atoms with Gasteiger partial charge in [-0.3, -0.25) is 4.79 Å². The third kappa shape index (κ3) is 3.64. The van der Waals surface area contributed by atoms with Crippen molar-refractivity contribution in [2.45, 2.75) is 13.3 Å². The van der Waals surface area contributed by atoms with E-state index in [0.29, 0.717) is 17.9 Å². The lowest BCUT2D eigenvalue weighted by atomic mass is 10.1. The zero-order valence-electron chi connectivity index (χ0n) is 8.63. The Hall–Kier alpha value is -0.870. The van der Waals surface area contributed by atoms with Crippen molar-refractivity contribution in [2.75, 3.05) is 18.9 Å². The van der Waals surface area contributed by atoms with Crippen LogP contribution in [0.1, 0.15) is 23.7 Å². The molecule has 0 radical (unpaired) electrons. The minimum atomic E-state index is -0.0755. The zero-order chi connectivity index (χ0) is 11.3. The molecule has 4 heteroatoms. The predicted octanol–water partition coefficient (Wildman–Crippen LogP) is 2.64. The molecule has 0 unspecified atom stereocenters. The number of ketones is 1. The van der Waals surface area contributed by atoms with Crippen molar-refractivity contribution in [1.82, 2.24) is 0 Å². The lowest BCUT2D eigenvalue weighted by Crippen LogP contribution is -2.11. The van der Waals surface area contributed by atoms with Crippen LogP contribution in [0.3, 0.4) is 0 Å². The molecule has 0 aliphatic rings. The molecule has 2 N–H and O–H groups in total. The third-order valence-corrected chi connectivity index (χ3v) is 2.39. The molecule has 0 saturated heterocycles. The Labute approximate surface area is 97.7 Å². The minimum Gasteiger partial charge on any atom is -0.398 e. The smallest absolute Gasteiger partial charge is 0.190 e. The number of nitrogen functional groups attached to an aromatic ring is 1. The van der Waals surface area contributed by atoms with Crippen LogP contribution in [0.15, 0.2) is 22.7 Å². The van der Waals surface area contributed by atoms with Crippen molar-refractivity contribution in [3.63, 3.8) is 0 Å². The van der Waals surface area contributed by atoms with Gasteiger partial charge in [-0.2, -0.15) is 0 Å². The highest BCUT2D eigenvalue weighted by Gasteiger charge is 2.09. The summed E-state index contributed by atoms with van der Waals surface area (Å²) in [4.78, 5) is 11.6. The van der Waals surface area contributed by atoms with Gasteiger partial charge in [0.2, 0.25) is 0 Å². The van der Waals surface area contributed by atoms with Gasteiger partial charge in [0, 0.05) is 22.3 Å². The van der Waals surface area contributed by atoms with Gasteiger partial charge in [-0.15, -0.1) is 0 Å². The first kappa shape index (κ1) is 12.2. The predicted molar refractivity (Wildman–Crippen MR) is 64.0 cm³/mol. The van der Waals surface area contributed by atoms with Crippen LogP contribution in [0.4, 0.5) is 5.69 Å². The van der Waals surface area contributed by atoms with E-state index in [2.05, 4.69) is 15.9 Å². The fourth-order valence-electron chi connectivity index (χ4n) is 1.17. The van der Waals surface area contributed by atoms with Crippen molar-refractivity contribution in [2.24, 2.45) is 0 Å². The Morgan fingerprint density at radius 2 is 2.27 bits per heavy atom. The average Bonchev–Trinajstić information content (AvgIpc) is 2.17. The quantitative estimate of drug-likeness (QED) is 0.509. The van der Waals surface area contributed by atoms with Crippen molar-refractivity contribution in [3.8, 4) is 0 Å². The minimum absolute atomic E-state index is 0.0755. The summed E-state index contributed by atoms with van der Waals surface area (Å²) in [5, 5.41) is 0. The Kier molecular flexibility index (Phi) is 4.78.